The first-order valence-corrected chi connectivity index (χ1v) is 7.05. The van der Waals surface area contributed by atoms with Crippen LogP contribution in [0, 0.1) is 0 Å². The van der Waals surface area contributed by atoms with Gasteiger partial charge in [-0.2, -0.15) is 5.10 Å². The molecule has 0 bridgehead atoms. The highest BCUT2D eigenvalue weighted by Crippen LogP contribution is 2.19. The van der Waals surface area contributed by atoms with E-state index in [0.29, 0.717) is 6.04 Å². The molecule has 1 aromatic rings. The maximum absolute atomic E-state index is 6.03. The molecule has 1 aliphatic heterocycles. The van der Waals surface area contributed by atoms with E-state index < -0.39 is 0 Å². The Labute approximate surface area is 108 Å². The van der Waals surface area contributed by atoms with Crippen molar-refractivity contribution in [3.8, 4) is 0 Å². The second-order valence-electron chi connectivity index (χ2n) is 4.67. The van der Waals surface area contributed by atoms with Crippen LogP contribution in [0.2, 0.25) is 0 Å². The van der Waals surface area contributed by atoms with E-state index in [-0.39, 0.29) is 0 Å². The number of aryl methyl sites for hydroxylation is 1. The van der Waals surface area contributed by atoms with Crippen molar-refractivity contribution in [2.45, 2.75) is 51.7 Å². The molecular formula is C12H21ClN4. The number of aromatic nitrogens is 3. The van der Waals surface area contributed by atoms with Crippen LogP contribution in [0.25, 0.3) is 0 Å². The van der Waals surface area contributed by atoms with Gasteiger partial charge in [0.15, 0.2) is 0 Å². The van der Waals surface area contributed by atoms with Crippen LogP contribution in [0.15, 0.2) is 6.33 Å². The average molecular weight is 257 g/mol. The zero-order valence-corrected chi connectivity index (χ0v) is 11.2. The third-order valence-corrected chi connectivity index (χ3v) is 3.76. The molecule has 4 nitrogen and oxygen atoms in total. The number of piperidine rings is 1. The molecule has 0 aromatic carbocycles. The van der Waals surface area contributed by atoms with E-state index >= 15 is 0 Å². The van der Waals surface area contributed by atoms with Crippen LogP contribution >= 0.6 is 11.6 Å². The second kappa shape index (κ2) is 6.36. The van der Waals surface area contributed by atoms with Crippen molar-refractivity contribution < 1.29 is 0 Å². The highest BCUT2D eigenvalue weighted by atomic mass is 35.5. The van der Waals surface area contributed by atoms with E-state index in [0.717, 1.165) is 37.8 Å². The van der Waals surface area contributed by atoms with E-state index in [4.69, 9.17) is 11.6 Å². The summed E-state index contributed by atoms with van der Waals surface area (Å²) in [5.74, 6) is 1.80. The van der Waals surface area contributed by atoms with Gasteiger partial charge in [0.2, 0.25) is 0 Å². The normalized spacial score (nSPS) is 21.9. The number of nitrogens with zero attached hydrogens (tertiary/aromatic N) is 4. The smallest absolute Gasteiger partial charge is 0.141 e. The van der Waals surface area contributed by atoms with Crippen LogP contribution in [-0.2, 0) is 13.1 Å². The van der Waals surface area contributed by atoms with Crippen LogP contribution < -0.4 is 0 Å². The first-order chi connectivity index (χ1) is 8.35. The summed E-state index contributed by atoms with van der Waals surface area (Å²) in [6.45, 7) is 5.14. The summed E-state index contributed by atoms with van der Waals surface area (Å²) in [6, 6.07) is 0.511. The van der Waals surface area contributed by atoms with Gasteiger partial charge in [-0.15, -0.1) is 11.6 Å². The van der Waals surface area contributed by atoms with Crippen molar-refractivity contribution in [1.82, 2.24) is 19.7 Å². The van der Waals surface area contributed by atoms with Gasteiger partial charge in [0.05, 0.1) is 6.54 Å². The minimum absolute atomic E-state index is 0.511. The van der Waals surface area contributed by atoms with Crippen LogP contribution in [0.3, 0.4) is 0 Å². The molecule has 5 heteroatoms. The van der Waals surface area contributed by atoms with E-state index in [1.165, 1.54) is 19.3 Å². The number of hydrogen-bond donors (Lipinski definition) is 0. The van der Waals surface area contributed by atoms with Crippen molar-refractivity contribution >= 4 is 11.6 Å². The van der Waals surface area contributed by atoms with Crippen molar-refractivity contribution in [3.63, 3.8) is 0 Å². The largest absolute Gasteiger partial charge is 0.292 e. The number of halogens is 1. The SMILES string of the molecule is CCCn1ncnc1CN1CCCCC1CCl. The van der Waals surface area contributed by atoms with Crippen molar-refractivity contribution in [2.75, 3.05) is 12.4 Å². The molecule has 2 heterocycles. The molecular weight excluding hydrogens is 236 g/mol. The zero-order valence-electron chi connectivity index (χ0n) is 10.5. The van der Waals surface area contributed by atoms with Gasteiger partial charge in [-0.25, -0.2) is 9.67 Å². The molecule has 1 aromatic heterocycles. The summed E-state index contributed by atoms with van der Waals surface area (Å²) in [5.41, 5.74) is 0. The molecule has 0 radical (unpaired) electrons. The summed E-state index contributed by atoms with van der Waals surface area (Å²) in [6.07, 6.45) is 6.54. The fourth-order valence-corrected chi connectivity index (χ4v) is 2.78. The molecule has 1 atom stereocenters. The number of alkyl halides is 1. The molecule has 96 valence electrons. The first kappa shape index (κ1) is 12.8. The average Bonchev–Trinajstić information content (AvgIpc) is 2.78. The summed E-state index contributed by atoms with van der Waals surface area (Å²) in [7, 11) is 0. The van der Waals surface area contributed by atoms with Gasteiger partial charge in [-0.05, 0) is 25.8 Å². The van der Waals surface area contributed by atoms with Crippen LogP contribution in [0.5, 0.6) is 0 Å². The minimum Gasteiger partial charge on any atom is -0.292 e. The predicted octanol–water partition coefficient (Wildman–Crippen LogP) is 2.28. The lowest BCUT2D eigenvalue weighted by atomic mass is 10.0. The lowest BCUT2D eigenvalue weighted by Crippen LogP contribution is -2.40. The Balaban J connectivity index is 2.00. The van der Waals surface area contributed by atoms with Crippen molar-refractivity contribution in [2.24, 2.45) is 0 Å². The van der Waals surface area contributed by atoms with Gasteiger partial charge in [-0.3, -0.25) is 4.90 Å². The topological polar surface area (TPSA) is 34.0 Å². The van der Waals surface area contributed by atoms with E-state index in [1.807, 2.05) is 4.68 Å². The maximum Gasteiger partial charge on any atom is 0.141 e. The molecule has 1 aliphatic rings. The third-order valence-electron chi connectivity index (χ3n) is 3.40. The van der Waals surface area contributed by atoms with Gasteiger partial charge in [0.1, 0.15) is 12.2 Å². The van der Waals surface area contributed by atoms with Gasteiger partial charge in [0, 0.05) is 18.5 Å². The van der Waals surface area contributed by atoms with Crippen LogP contribution in [-0.4, -0.2) is 38.1 Å². The maximum atomic E-state index is 6.03. The van der Waals surface area contributed by atoms with E-state index in [2.05, 4.69) is 21.9 Å². The monoisotopic (exact) mass is 256 g/mol. The Morgan fingerprint density at radius 2 is 2.35 bits per heavy atom. The van der Waals surface area contributed by atoms with Gasteiger partial charge < -0.3 is 0 Å². The Hall–Kier alpha value is -0.610. The third kappa shape index (κ3) is 3.19. The summed E-state index contributed by atoms with van der Waals surface area (Å²) in [4.78, 5) is 6.82. The van der Waals surface area contributed by atoms with E-state index in [1.54, 1.807) is 6.33 Å². The number of likely N-dealkylation sites (tertiary alicyclic amines) is 1. The lowest BCUT2D eigenvalue weighted by molar-refractivity contribution is 0.148. The number of rotatable bonds is 5. The predicted molar refractivity (Wildman–Crippen MR) is 69.1 cm³/mol. The standard InChI is InChI=1S/C12H21ClN4/c1-2-6-17-12(14-10-15-17)9-16-7-4-3-5-11(16)8-13/h10-11H,2-9H2,1H3. The summed E-state index contributed by atoms with van der Waals surface area (Å²) < 4.78 is 2.01. The summed E-state index contributed by atoms with van der Waals surface area (Å²) in [5, 5.41) is 4.27. The van der Waals surface area contributed by atoms with Crippen molar-refractivity contribution in [3.05, 3.63) is 12.2 Å². The molecule has 0 N–H and O–H groups in total. The summed E-state index contributed by atoms with van der Waals surface area (Å²) >= 11 is 6.03. The Kier molecular flexibility index (Phi) is 4.80. The lowest BCUT2D eigenvalue weighted by Gasteiger charge is -2.34. The first-order valence-electron chi connectivity index (χ1n) is 6.51. The van der Waals surface area contributed by atoms with Crippen LogP contribution in [0.4, 0.5) is 0 Å². The van der Waals surface area contributed by atoms with Gasteiger partial charge in [-0.1, -0.05) is 13.3 Å². The highest BCUT2D eigenvalue weighted by Gasteiger charge is 2.22. The molecule has 0 spiro atoms. The zero-order chi connectivity index (χ0) is 12.1. The highest BCUT2D eigenvalue weighted by molar-refractivity contribution is 6.18. The van der Waals surface area contributed by atoms with Crippen molar-refractivity contribution in [1.29, 1.82) is 0 Å². The fraction of sp³-hybridized carbons (Fsp3) is 0.833. The van der Waals surface area contributed by atoms with Gasteiger partial charge >= 0.3 is 0 Å². The molecule has 0 aliphatic carbocycles. The molecule has 17 heavy (non-hydrogen) atoms. The molecule has 2 rings (SSSR count). The Morgan fingerprint density at radius 1 is 1.47 bits per heavy atom. The molecule has 1 fully saturated rings. The molecule has 0 amide bonds. The molecule has 1 unspecified atom stereocenters. The second-order valence-corrected chi connectivity index (χ2v) is 4.98. The van der Waals surface area contributed by atoms with Crippen LogP contribution in [0.1, 0.15) is 38.4 Å². The quantitative estimate of drug-likeness (QED) is 0.758. The number of hydrogen-bond acceptors (Lipinski definition) is 3. The fourth-order valence-electron chi connectivity index (χ4n) is 2.43. The van der Waals surface area contributed by atoms with Gasteiger partial charge in [0.25, 0.3) is 0 Å². The molecule has 0 saturated carbocycles. The minimum atomic E-state index is 0.511. The molecule has 1 saturated heterocycles. The Morgan fingerprint density at radius 3 is 3.12 bits per heavy atom. The van der Waals surface area contributed by atoms with E-state index in [9.17, 15) is 0 Å². The Bertz CT molecular complexity index is 339.